The fourth-order valence-corrected chi connectivity index (χ4v) is 1.70. The van der Waals surface area contributed by atoms with Crippen molar-refractivity contribution in [3.05, 3.63) is 42.1 Å². The first-order valence-corrected chi connectivity index (χ1v) is 6.62. The van der Waals surface area contributed by atoms with Crippen molar-refractivity contribution in [3.8, 4) is 0 Å². The predicted molar refractivity (Wildman–Crippen MR) is 74.3 cm³/mol. The Bertz CT molecular complexity index is 466. The summed E-state index contributed by atoms with van der Waals surface area (Å²) in [5.41, 5.74) is 2.45. The van der Waals surface area contributed by atoms with Crippen molar-refractivity contribution in [1.82, 2.24) is 4.98 Å². The fraction of sp³-hybridized carbons (Fsp3) is 0.438. The van der Waals surface area contributed by atoms with E-state index in [4.69, 9.17) is 0 Å². The molecule has 1 nitrogen and oxygen atoms in total. The van der Waals surface area contributed by atoms with Gasteiger partial charge < -0.3 is 0 Å². The van der Waals surface area contributed by atoms with Crippen LogP contribution in [-0.4, -0.2) is 4.98 Å². The Morgan fingerprint density at radius 3 is 2.29 bits per heavy atom. The Kier molecular flexibility index (Phi) is 4.13. The SMILES string of the molecule is C1CCC1.CC(C)c1ccc2ncccc2c1. The molecule has 0 unspecified atom stereocenters. The van der Waals surface area contributed by atoms with Crippen LogP contribution in [0, 0.1) is 0 Å². The van der Waals surface area contributed by atoms with Gasteiger partial charge in [-0.2, -0.15) is 0 Å². The number of pyridine rings is 1. The van der Waals surface area contributed by atoms with Crippen LogP contribution in [0.15, 0.2) is 36.5 Å². The summed E-state index contributed by atoms with van der Waals surface area (Å²) in [6.07, 6.45) is 7.83. The molecule has 3 rings (SSSR count). The molecule has 1 aromatic heterocycles. The zero-order valence-corrected chi connectivity index (χ0v) is 10.8. The Morgan fingerprint density at radius 2 is 1.71 bits per heavy atom. The number of aromatic nitrogens is 1. The lowest BCUT2D eigenvalue weighted by molar-refractivity contribution is 0.504. The van der Waals surface area contributed by atoms with Crippen LogP contribution in [0.25, 0.3) is 10.9 Å². The molecule has 1 heteroatoms. The second kappa shape index (κ2) is 5.81. The van der Waals surface area contributed by atoms with Gasteiger partial charge in [0.1, 0.15) is 0 Å². The van der Waals surface area contributed by atoms with E-state index in [0.29, 0.717) is 5.92 Å². The highest BCUT2D eigenvalue weighted by Gasteiger charge is 1.99. The number of rotatable bonds is 1. The van der Waals surface area contributed by atoms with Crippen LogP contribution in [0.1, 0.15) is 51.0 Å². The van der Waals surface area contributed by atoms with Crippen molar-refractivity contribution in [2.24, 2.45) is 0 Å². The number of hydrogen-bond donors (Lipinski definition) is 0. The summed E-state index contributed by atoms with van der Waals surface area (Å²) >= 11 is 0. The highest BCUT2D eigenvalue weighted by molar-refractivity contribution is 5.79. The highest BCUT2D eigenvalue weighted by Crippen LogP contribution is 2.19. The molecule has 0 saturated heterocycles. The van der Waals surface area contributed by atoms with E-state index in [1.165, 1.54) is 36.6 Å². The summed E-state index contributed by atoms with van der Waals surface area (Å²) in [4.78, 5) is 4.28. The summed E-state index contributed by atoms with van der Waals surface area (Å²) < 4.78 is 0. The van der Waals surface area contributed by atoms with E-state index in [9.17, 15) is 0 Å². The molecular formula is C16H21N. The van der Waals surface area contributed by atoms with Gasteiger partial charge in [-0.25, -0.2) is 0 Å². The molecule has 0 spiro atoms. The fourth-order valence-electron chi connectivity index (χ4n) is 1.70. The number of fused-ring (bicyclic) bond motifs is 1. The lowest BCUT2D eigenvalue weighted by atomic mass is 10.0. The maximum atomic E-state index is 4.28. The van der Waals surface area contributed by atoms with Crippen molar-refractivity contribution in [1.29, 1.82) is 0 Å². The molecule has 2 aromatic rings. The van der Waals surface area contributed by atoms with Crippen LogP contribution in [0.5, 0.6) is 0 Å². The lowest BCUT2D eigenvalue weighted by Gasteiger charge is -2.05. The molecule has 0 radical (unpaired) electrons. The molecule has 0 bridgehead atoms. The van der Waals surface area contributed by atoms with Gasteiger partial charge in [-0.3, -0.25) is 4.98 Å². The number of hydrogen-bond acceptors (Lipinski definition) is 1. The summed E-state index contributed by atoms with van der Waals surface area (Å²) in [5.74, 6) is 0.588. The van der Waals surface area contributed by atoms with Crippen molar-refractivity contribution in [2.75, 3.05) is 0 Å². The van der Waals surface area contributed by atoms with Crippen molar-refractivity contribution in [3.63, 3.8) is 0 Å². The summed E-state index contributed by atoms with van der Waals surface area (Å²) in [7, 11) is 0. The molecule has 1 aliphatic carbocycles. The first-order valence-electron chi connectivity index (χ1n) is 6.62. The molecule has 0 N–H and O–H groups in total. The van der Waals surface area contributed by atoms with Crippen molar-refractivity contribution in [2.45, 2.75) is 45.4 Å². The zero-order valence-electron chi connectivity index (χ0n) is 10.8. The standard InChI is InChI=1S/C12H13N.C4H8/c1-9(2)10-5-6-12-11(8-10)4-3-7-13-12;1-2-4-3-1/h3-9H,1-2H3;1-4H2. The molecule has 1 heterocycles. The molecule has 90 valence electrons. The van der Waals surface area contributed by atoms with Gasteiger partial charge in [0.05, 0.1) is 5.52 Å². The monoisotopic (exact) mass is 227 g/mol. The van der Waals surface area contributed by atoms with Crippen molar-refractivity contribution < 1.29 is 0 Å². The molecule has 1 saturated carbocycles. The summed E-state index contributed by atoms with van der Waals surface area (Å²) in [6, 6.07) is 10.5. The quantitative estimate of drug-likeness (QED) is 0.674. The Hall–Kier alpha value is -1.37. The topological polar surface area (TPSA) is 12.9 Å². The molecule has 17 heavy (non-hydrogen) atoms. The Balaban J connectivity index is 0.000000228. The third kappa shape index (κ3) is 3.29. The molecular weight excluding hydrogens is 206 g/mol. The Labute approximate surface area is 104 Å². The predicted octanol–water partition coefficient (Wildman–Crippen LogP) is 4.92. The molecule has 1 aromatic carbocycles. The van der Waals surface area contributed by atoms with Crippen LogP contribution >= 0.6 is 0 Å². The molecule has 0 atom stereocenters. The average molecular weight is 227 g/mol. The van der Waals surface area contributed by atoms with E-state index in [1.54, 1.807) is 0 Å². The molecule has 1 fully saturated rings. The third-order valence-electron chi connectivity index (χ3n) is 3.29. The maximum Gasteiger partial charge on any atom is 0.0702 e. The van der Waals surface area contributed by atoms with E-state index in [1.807, 2.05) is 12.3 Å². The summed E-state index contributed by atoms with van der Waals surface area (Å²) in [6.45, 7) is 4.41. The Morgan fingerprint density at radius 1 is 1.00 bits per heavy atom. The second-order valence-electron chi connectivity index (χ2n) is 5.02. The van der Waals surface area contributed by atoms with E-state index in [-0.39, 0.29) is 0 Å². The normalized spacial score (nSPS) is 14.1. The van der Waals surface area contributed by atoms with E-state index in [0.717, 1.165) is 5.52 Å². The average Bonchev–Trinajstić information content (AvgIpc) is 2.26. The minimum atomic E-state index is 0.588. The van der Waals surface area contributed by atoms with Crippen LogP contribution in [0.2, 0.25) is 0 Å². The number of nitrogens with zero attached hydrogens (tertiary/aromatic N) is 1. The zero-order chi connectivity index (χ0) is 12.1. The van der Waals surface area contributed by atoms with Crippen molar-refractivity contribution >= 4 is 10.9 Å². The maximum absolute atomic E-state index is 4.28. The number of benzene rings is 1. The van der Waals surface area contributed by atoms with Crippen LogP contribution < -0.4 is 0 Å². The molecule has 0 aliphatic heterocycles. The largest absolute Gasteiger partial charge is 0.256 e. The minimum Gasteiger partial charge on any atom is -0.256 e. The van der Waals surface area contributed by atoms with Crippen LogP contribution in [-0.2, 0) is 0 Å². The van der Waals surface area contributed by atoms with Gasteiger partial charge in [-0.15, -0.1) is 0 Å². The summed E-state index contributed by atoms with van der Waals surface area (Å²) in [5, 5.41) is 1.23. The van der Waals surface area contributed by atoms with Gasteiger partial charge in [0.2, 0.25) is 0 Å². The minimum absolute atomic E-state index is 0.588. The van der Waals surface area contributed by atoms with E-state index in [2.05, 4.69) is 43.1 Å². The highest BCUT2D eigenvalue weighted by atomic mass is 14.6. The van der Waals surface area contributed by atoms with E-state index >= 15 is 0 Å². The first kappa shape index (κ1) is 12.1. The van der Waals surface area contributed by atoms with Gasteiger partial charge in [0.25, 0.3) is 0 Å². The van der Waals surface area contributed by atoms with Gasteiger partial charge >= 0.3 is 0 Å². The van der Waals surface area contributed by atoms with E-state index < -0.39 is 0 Å². The van der Waals surface area contributed by atoms with Crippen LogP contribution in [0.3, 0.4) is 0 Å². The molecule has 0 amide bonds. The third-order valence-corrected chi connectivity index (χ3v) is 3.29. The van der Waals surface area contributed by atoms with Crippen LogP contribution in [0.4, 0.5) is 0 Å². The van der Waals surface area contributed by atoms with Gasteiger partial charge in [-0.05, 0) is 29.7 Å². The van der Waals surface area contributed by atoms with Gasteiger partial charge in [-0.1, -0.05) is 51.7 Å². The first-order chi connectivity index (χ1) is 8.27. The van der Waals surface area contributed by atoms with Gasteiger partial charge in [0, 0.05) is 11.6 Å². The smallest absolute Gasteiger partial charge is 0.0702 e. The molecule has 1 aliphatic rings. The lowest BCUT2D eigenvalue weighted by Crippen LogP contribution is -1.87. The second-order valence-corrected chi connectivity index (χ2v) is 5.02. The van der Waals surface area contributed by atoms with Gasteiger partial charge in [0.15, 0.2) is 0 Å².